The van der Waals surface area contributed by atoms with Crippen LogP contribution in [0.5, 0.6) is 11.5 Å². The minimum atomic E-state index is -0.630. The molecule has 0 aliphatic carbocycles. The molecule has 0 radical (unpaired) electrons. The Morgan fingerprint density at radius 2 is 2.04 bits per heavy atom. The highest BCUT2D eigenvalue weighted by Gasteiger charge is 2.32. The molecule has 148 valence electrons. The van der Waals surface area contributed by atoms with Crippen molar-refractivity contribution in [3.8, 4) is 11.5 Å². The molecule has 2 amide bonds. The molecule has 0 saturated carbocycles. The van der Waals surface area contributed by atoms with Gasteiger partial charge in [-0.25, -0.2) is 9.59 Å². The number of urea groups is 1. The Morgan fingerprint density at radius 1 is 1.26 bits per heavy atom. The van der Waals surface area contributed by atoms with E-state index < -0.39 is 12.0 Å². The Bertz CT molecular complexity index is 720. The fraction of sp³-hybridized carbons (Fsp3) is 0.474. The second kappa shape index (κ2) is 10.1. The van der Waals surface area contributed by atoms with Crippen LogP contribution in [0.1, 0.15) is 31.9 Å². The fourth-order valence-electron chi connectivity index (χ4n) is 2.70. The van der Waals surface area contributed by atoms with Gasteiger partial charge in [0, 0.05) is 11.4 Å². The Labute approximate surface area is 163 Å². The topological polar surface area (TPSA) is 85.9 Å². The molecule has 1 aliphatic rings. The molecule has 1 heterocycles. The van der Waals surface area contributed by atoms with Crippen molar-refractivity contribution in [1.29, 1.82) is 0 Å². The lowest BCUT2D eigenvalue weighted by Gasteiger charge is -2.28. The summed E-state index contributed by atoms with van der Waals surface area (Å²) in [5.74, 6) is 1.42. The van der Waals surface area contributed by atoms with Gasteiger partial charge in [-0.05, 0) is 37.3 Å². The van der Waals surface area contributed by atoms with E-state index in [0.717, 1.165) is 6.42 Å². The van der Waals surface area contributed by atoms with Crippen molar-refractivity contribution in [2.45, 2.75) is 26.3 Å². The van der Waals surface area contributed by atoms with E-state index in [4.69, 9.17) is 14.2 Å². The highest BCUT2D eigenvalue weighted by Crippen LogP contribution is 2.34. The molecule has 1 unspecified atom stereocenters. The van der Waals surface area contributed by atoms with Crippen LogP contribution in [0.3, 0.4) is 0 Å². The summed E-state index contributed by atoms with van der Waals surface area (Å²) >= 11 is 1.59. The maximum Gasteiger partial charge on any atom is 0.338 e. The number of nitrogens with one attached hydrogen (secondary N) is 2. The number of hydrogen-bond acceptors (Lipinski definition) is 6. The zero-order valence-corrected chi connectivity index (χ0v) is 16.9. The zero-order chi connectivity index (χ0) is 19.8. The van der Waals surface area contributed by atoms with Crippen LogP contribution in [0.25, 0.3) is 0 Å². The van der Waals surface area contributed by atoms with Gasteiger partial charge < -0.3 is 24.8 Å². The predicted octanol–water partition coefficient (Wildman–Crippen LogP) is 3.02. The molecule has 0 fully saturated rings. The number of hydrogen-bond donors (Lipinski definition) is 2. The van der Waals surface area contributed by atoms with Gasteiger partial charge in [0.05, 0.1) is 25.3 Å². The number of carbonyl (C=O) groups is 2. The van der Waals surface area contributed by atoms with E-state index in [2.05, 4.69) is 10.6 Å². The molecular formula is C19H26N2O5S. The quantitative estimate of drug-likeness (QED) is 0.495. The molecule has 0 bridgehead atoms. The summed E-state index contributed by atoms with van der Waals surface area (Å²) in [6.07, 6.45) is 2.82. The van der Waals surface area contributed by atoms with Gasteiger partial charge in [0.2, 0.25) is 0 Å². The van der Waals surface area contributed by atoms with E-state index in [9.17, 15) is 9.59 Å². The fourth-order valence-corrected chi connectivity index (χ4v) is 2.95. The molecule has 0 saturated heterocycles. The average Bonchev–Trinajstić information content (AvgIpc) is 2.65. The van der Waals surface area contributed by atoms with Crippen molar-refractivity contribution in [1.82, 2.24) is 10.6 Å². The first-order valence-corrected chi connectivity index (χ1v) is 10.2. The second-order valence-corrected chi connectivity index (χ2v) is 6.94. The summed E-state index contributed by atoms with van der Waals surface area (Å²) in [5, 5.41) is 5.42. The van der Waals surface area contributed by atoms with Gasteiger partial charge in [-0.1, -0.05) is 13.0 Å². The van der Waals surface area contributed by atoms with Crippen molar-refractivity contribution in [2.24, 2.45) is 0 Å². The molecule has 2 N–H and O–H groups in total. The average molecular weight is 394 g/mol. The summed E-state index contributed by atoms with van der Waals surface area (Å²) in [6, 6.07) is 4.36. The Hall–Kier alpha value is -2.35. The van der Waals surface area contributed by atoms with Crippen LogP contribution >= 0.6 is 11.8 Å². The smallest absolute Gasteiger partial charge is 0.338 e. The molecule has 0 aromatic heterocycles. The third-order valence-electron chi connectivity index (χ3n) is 3.99. The van der Waals surface area contributed by atoms with Crippen LogP contribution < -0.4 is 20.1 Å². The normalized spacial score (nSPS) is 16.4. The molecule has 1 aromatic rings. The molecule has 7 nitrogen and oxygen atoms in total. The van der Waals surface area contributed by atoms with E-state index >= 15 is 0 Å². The van der Waals surface area contributed by atoms with Crippen molar-refractivity contribution in [3.63, 3.8) is 0 Å². The SMILES string of the molecule is CCCOc1ccc(C2NC(=O)NC(C)=C2C(=O)OCCSC)cc1OC. The Morgan fingerprint density at radius 3 is 2.70 bits per heavy atom. The van der Waals surface area contributed by atoms with E-state index in [1.165, 1.54) is 0 Å². The maximum absolute atomic E-state index is 12.6. The number of amides is 2. The van der Waals surface area contributed by atoms with Crippen molar-refractivity contribution < 1.29 is 23.8 Å². The molecule has 8 heteroatoms. The maximum atomic E-state index is 12.6. The number of rotatable bonds is 9. The molecular weight excluding hydrogens is 368 g/mol. The van der Waals surface area contributed by atoms with E-state index in [0.29, 0.717) is 47.3 Å². The Balaban J connectivity index is 2.33. The largest absolute Gasteiger partial charge is 0.493 e. The van der Waals surface area contributed by atoms with Gasteiger partial charge in [0.1, 0.15) is 6.61 Å². The molecule has 2 rings (SSSR count). The van der Waals surface area contributed by atoms with Crippen molar-refractivity contribution >= 4 is 23.8 Å². The van der Waals surface area contributed by atoms with Gasteiger partial charge in [-0.3, -0.25) is 0 Å². The van der Waals surface area contributed by atoms with Gasteiger partial charge >= 0.3 is 12.0 Å². The monoisotopic (exact) mass is 394 g/mol. The number of benzene rings is 1. The summed E-state index contributed by atoms with van der Waals surface area (Å²) in [6.45, 7) is 4.59. The van der Waals surface area contributed by atoms with Crippen LogP contribution in [-0.4, -0.2) is 44.3 Å². The third-order valence-corrected chi connectivity index (χ3v) is 4.57. The van der Waals surface area contributed by atoms with Gasteiger partial charge in [0.25, 0.3) is 0 Å². The van der Waals surface area contributed by atoms with Crippen LogP contribution in [-0.2, 0) is 9.53 Å². The number of carbonyl (C=O) groups excluding carboxylic acids is 2. The van der Waals surface area contributed by atoms with Crippen molar-refractivity contribution in [3.05, 3.63) is 35.0 Å². The Kier molecular flexibility index (Phi) is 7.84. The first kappa shape index (κ1) is 21.0. The first-order chi connectivity index (χ1) is 13.0. The summed E-state index contributed by atoms with van der Waals surface area (Å²) < 4.78 is 16.4. The van der Waals surface area contributed by atoms with Crippen molar-refractivity contribution in [2.75, 3.05) is 32.3 Å². The van der Waals surface area contributed by atoms with E-state index in [1.807, 2.05) is 19.2 Å². The van der Waals surface area contributed by atoms with Crippen LogP contribution in [0, 0.1) is 0 Å². The lowest BCUT2D eigenvalue weighted by molar-refractivity contribution is -0.138. The van der Waals surface area contributed by atoms with Gasteiger partial charge in [0.15, 0.2) is 11.5 Å². The summed E-state index contributed by atoms with van der Waals surface area (Å²) in [5.41, 5.74) is 1.56. The number of methoxy groups -OCH3 is 1. The second-order valence-electron chi connectivity index (χ2n) is 5.96. The number of thioether (sulfide) groups is 1. The van der Waals surface area contributed by atoms with Crippen LogP contribution in [0.2, 0.25) is 0 Å². The first-order valence-electron chi connectivity index (χ1n) is 8.76. The van der Waals surface area contributed by atoms with Crippen LogP contribution in [0.15, 0.2) is 29.5 Å². The minimum Gasteiger partial charge on any atom is -0.493 e. The molecule has 1 aliphatic heterocycles. The summed E-state index contributed by atoms with van der Waals surface area (Å²) in [4.78, 5) is 24.6. The highest BCUT2D eigenvalue weighted by atomic mass is 32.2. The molecule has 1 atom stereocenters. The lowest BCUT2D eigenvalue weighted by atomic mass is 9.95. The van der Waals surface area contributed by atoms with Gasteiger partial charge in [-0.15, -0.1) is 0 Å². The lowest BCUT2D eigenvalue weighted by Crippen LogP contribution is -2.45. The van der Waals surface area contributed by atoms with E-state index in [1.54, 1.807) is 37.9 Å². The summed E-state index contributed by atoms with van der Waals surface area (Å²) in [7, 11) is 1.55. The number of ether oxygens (including phenoxy) is 3. The molecule has 1 aromatic carbocycles. The predicted molar refractivity (Wildman–Crippen MR) is 105 cm³/mol. The van der Waals surface area contributed by atoms with E-state index in [-0.39, 0.29) is 6.03 Å². The van der Waals surface area contributed by atoms with Gasteiger partial charge in [-0.2, -0.15) is 11.8 Å². The number of allylic oxidation sites excluding steroid dienone is 1. The molecule has 27 heavy (non-hydrogen) atoms. The highest BCUT2D eigenvalue weighted by molar-refractivity contribution is 7.98. The molecule has 0 spiro atoms. The third kappa shape index (κ3) is 5.32. The standard InChI is InChI=1S/C19H26N2O5S/c1-5-8-25-14-7-6-13(11-15(14)24-3)17-16(12(2)20-19(23)21-17)18(22)26-9-10-27-4/h6-7,11,17H,5,8-10H2,1-4H3,(H2,20,21,23). The van der Waals surface area contributed by atoms with Crippen LogP contribution in [0.4, 0.5) is 4.79 Å². The zero-order valence-electron chi connectivity index (χ0n) is 16.1. The minimum absolute atomic E-state index is 0.310. The number of esters is 1.